The second kappa shape index (κ2) is 8.70. The highest BCUT2D eigenvalue weighted by Crippen LogP contribution is 2.57. The maximum Gasteiger partial charge on any atom is 0.340 e. The Morgan fingerprint density at radius 3 is 2.22 bits per heavy atom. The Hall–Kier alpha value is -4.25. The van der Waals surface area contributed by atoms with Gasteiger partial charge in [0.2, 0.25) is 0 Å². The molecule has 37 heavy (non-hydrogen) atoms. The third-order valence-corrected chi connectivity index (χ3v) is 7.53. The molecular formula is C32H30N2O3. The van der Waals surface area contributed by atoms with Crippen LogP contribution in [0.3, 0.4) is 0 Å². The van der Waals surface area contributed by atoms with Crippen LogP contribution in [0.15, 0.2) is 78.9 Å². The molecule has 186 valence electrons. The van der Waals surface area contributed by atoms with Crippen molar-refractivity contribution in [2.75, 3.05) is 23.3 Å². The third kappa shape index (κ3) is 3.49. The summed E-state index contributed by atoms with van der Waals surface area (Å²) in [5.41, 5.74) is 7.20. The van der Waals surface area contributed by atoms with Gasteiger partial charge < -0.3 is 19.7 Å². The minimum absolute atomic E-state index is 0.321. The number of carbonyl (C=O) groups is 1. The van der Waals surface area contributed by atoms with Crippen LogP contribution in [-0.4, -0.2) is 19.1 Å². The van der Waals surface area contributed by atoms with E-state index in [4.69, 9.17) is 9.47 Å². The van der Waals surface area contributed by atoms with Crippen LogP contribution >= 0.6 is 0 Å². The average Bonchev–Trinajstić information content (AvgIpc) is 3.20. The molecule has 6 rings (SSSR count). The van der Waals surface area contributed by atoms with Crippen molar-refractivity contribution in [3.63, 3.8) is 0 Å². The Labute approximate surface area is 217 Å². The zero-order valence-corrected chi connectivity index (χ0v) is 21.6. The van der Waals surface area contributed by atoms with Crippen LogP contribution in [-0.2, 0) is 10.3 Å². The number of carbonyl (C=O) groups excluding carboxylic acids is 1. The van der Waals surface area contributed by atoms with Gasteiger partial charge in [-0.05, 0) is 75.2 Å². The molecule has 0 fully saturated rings. The lowest BCUT2D eigenvalue weighted by Crippen LogP contribution is -2.34. The largest absolute Gasteiger partial charge is 0.456 e. The predicted molar refractivity (Wildman–Crippen MR) is 147 cm³/mol. The Bertz CT molecular complexity index is 1530. The van der Waals surface area contributed by atoms with E-state index < -0.39 is 5.60 Å². The molecule has 4 aromatic carbocycles. The summed E-state index contributed by atoms with van der Waals surface area (Å²) in [4.78, 5) is 15.6. The number of nitrogens with one attached hydrogen (secondary N) is 1. The molecule has 0 amide bonds. The maximum absolute atomic E-state index is 13.3. The summed E-state index contributed by atoms with van der Waals surface area (Å²) in [6.45, 7) is 10.3. The van der Waals surface area contributed by atoms with E-state index in [1.807, 2.05) is 60.7 Å². The zero-order chi connectivity index (χ0) is 25.7. The summed E-state index contributed by atoms with van der Waals surface area (Å²) in [6.07, 6.45) is 0. The minimum atomic E-state index is -1.09. The number of benzene rings is 4. The van der Waals surface area contributed by atoms with Gasteiger partial charge in [-0.25, -0.2) is 4.79 Å². The van der Waals surface area contributed by atoms with E-state index >= 15 is 0 Å². The lowest BCUT2D eigenvalue weighted by molar-refractivity contribution is 0.0224. The molecule has 0 bridgehead atoms. The van der Waals surface area contributed by atoms with Crippen LogP contribution in [0.25, 0.3) is 0 Å². The first kappa shape index (κ1) is 23.2. The standard InChI is InChI=1S/C32H30N2O3/c1-5-34(6-2)28-19-30-25(16-21(28)4)32(24-15-11-10-14-23(24)31(35)37-32)26-18-27(20(3)17-29(26)36-30)33-22-12-8-7-9-13-22/h7-19,33H,5-6H2,1-4H3. The summed E-state index contributed by atoms with van der Waals surface area (Å²) >= 11 is 0. The van der Waals surface area contributed by atoms with Crippen molar-refractivity contribution in [1.82, 2.24) is 0 Å². The van der Waals surface area contributed by atoms with Gasteiger partial charge in [0.25, 0.3) is 0 Å². The summed E-state index contributed by atoms with van der Waals surface area (Å²) in [6, 6.07) is 26.1. The molecule has 2 aliphatic heterocycles. The van der Waals surface area contributed by atoms with Crippen molar-refractivity contribution in [3.8, 4) is 11.5 Å². The molecule has 0 aliphatic carbocycles. The number of nitrogens with zero attached hydrogens (tertiary/aromatic N) is 1. The lowest BCUT2D eigenvalue weighted by atomic mass is 9.76. The molecule has 2 aliphatic rings. The fraction of sp³-hybridized carbons (Fsp3) is 0.219. The molecule has 1 unspecified atom stereocenters. The molecule has 5 nitrogen and oxygen atoms in total. The van der Waals surface area contributed by atoms with Crippen molar-refractivity contribution >= 4 is 23.0 Å². The van der Waals surface area contributed by atoms with Crippen LogP contribution < -0.4 is 15.0 Å². The number of para-hydroxylation sites is 1. The summed E-state index contributed by atoms with van der Waals surface area (Å²) < 4.78 is 13.0. The molecule has 1 N–H and O–H groups in total. The molecule has 1 atom stereocenters. The Balaban J connectivity index is 1.61. The van der Waals surface area contributed by atoms with Gasteiger partial charge >= 0.3 is 5.97 Å². The second-order valence-corrected chi connectivity index (χ2v) is 9.68. The normalized spacial score (nSPS) is 16.9. The Morgan fingerprint density at radius 1 is 0.784 bits per heavy atom. The number of anilines is 3. The number of fused-ring (bicyclic) bond motifs is 6. The van der Waals surface area contributed by atoms with Crippen LogP contribution in [0.5, 0.6) is 11.5 Å². The Morgan fingerprint density at radius 2 is 1.46 bits per heavy atom. The van der Waals surface area contributed by atoms with Gasteiger partial charge in [0.1, 0.15) is 11.5 Å². The van der Waals surface area contributed by atoms with Gasteiger partial charge in [-0.3, -0.25) is 0 Å². The van der Waals surface area contributed by atoms with E-state index in [0.29, 0.717) is 17.1 Å². The third-order valence-electron chi connectivity index (χ3n) is 7.53. The van der Waals surface area contributed by atoms with E-state index in [1.165, 1.54) is 0 Å². The Kier molecular flexibility index (Phi) is 5.45. The van der Waals surface area contributed by atoms with Crippen LogP contribution in [0.1, 0.15) is 52.0 Å². The smallest absolute Gasteiger partial charge is 0.340 e. The van der Waals surface area contributed by atoms with Crippen molar-refractivity contribution in [2.24, 2.45) is 0 Å². The maximum atomic E-state index is 13.3. The van der Waals surface area contributed by atoms with Gasteiger partial charge in [-0.1, -0.05) is 36.4 Å². The molecule has 4 aromatic rings. The van der Waals surface area contributed by atoms with Crippen molar-refractivity contribution in [1.29, 1.82) is 0 Å². The first-order chi connectivity index (χ1) is 18.0. The predicted octanol–water partition coefficient (Wildman–Crippen LogP) is 7.46. The fourth-order valence-electron chi connectivity index (χ4n) is 5.68. The minimum Gasteiger partial charge on any atom is -0.456 e. The van der Waals surface area contributed by atoms with E-state index in [0.717, 1.165) is 58.0 Å². The van der Waals surface area contributed by atoms with Gasteiger partial charge in [0.05, 0.1) is 5.56 Å². The highest BCUT2D eigenvalue weighted by molar-refractivity contribution is 5.97. The highest BCUT2D eigenvalue weighted by atomic mass is 16.6. The van der Waals surface area contributed by atoms with Gasteiger partial charge in [-0.2, -0.15) is 0 Å². The molecule has 0 aromatic heterocycles. The fourth-order valence-corrected chi connectivity index (χ4v) is 5.68. The number of esters is 1. The summed E-state index contributed by atoms with van der Waals surface area (Å²) in [5, 5.41) is 3.54. The van der Waals surface area contributed by atoms with E-state index in [-0.39, 0.29) is 5.97 Å². The van der Waals surface area contributed by atoms with E-state index in [1.54, 1.807) is 0 Å². The first-order valence-corrected chi connectivity index (χ1v) is 12.8. The van der Waals surface area contributed by atoms with E-state index in [2.05, 4.69) is 56.1 Å². The quantitative estimate of drug-likeness (QED) is 0.294. The number of rotatable bonds is 5. The zero-order valence-electron chi connectivity index (χ0n) is 21.6. The summed E-state index contributed by atoms with van der Waals surface area (Å²) in [7, 11) is 0. The SMILES string of the molecule is CCN(CC)c1cc2c(cc1C)C1(OC(=O)c3ccccc31)c1cc(Nc3ccccc3)c(C)cc1O2. The topological polar surface area (TPSA) is 50.8 Å². The number of hydrogen-bond donors (Lipinski definition) is 1. The highest BCUT2D eigenvalue weighted by Gasteiger charge is 2.54. The molecule has 0 radical (unpaired) electrons. The summed E-state index contributed by atoms with van der Waals surface area (Å²) in [5.74, 6) is 1.09. The monoisotopic (exact) mass is 490 g/mol. The van der Waals surface area contributed by atoms with Crippen LogP contribution in [0.4, 0.5) is 17.1 Å². The van der Waals surface area contributed by atoms with Crippen molar-refractivity contribution < 1.29 is 14.3 Å². The first-order valence-electron chi connectivity index (χ1n) is 12.8. The van der Waals surface area contributed by atoms with Gasteiger partial charge in [0, 0.05) is 52.9 Å². The van der Waals surface area contributed by atoms with E-state index in [9.17, 15) is 4.79 Å². The number of ether oxygens (including phenoxy) is 2. The molecular weight excluding hydrogens is 460 g/mol. The second-order valence-electron chi connectivity index (χ2n) is 9.68. The average molecular weight is 491 g/mol. The van der Waals surface area contributed by atoms with Crippen LogP contribution in [0.2, 0.25) is 0 Å². The lowest BCUT2D eigenvalue weighted by Gasteiger charge is -2.38. The molecule has 2 heterocycles. The number of hydrogen-bond acceptors (Lipinski definition) is 5. The van der Waals surface area contributed by atoms with Crippen molar-refractivity contribution in [3.05, 3.63) is 112 Å². The molecule has 1 spiro atoms. The molecule has 0 saturated heterocycles. The number of aryl methyl sites for hydroxylation is 2. The molecule has 0 saturated carbocycles. The van der Waals surface area contributed by atoms with Gasteiger partial charge in [0.15, 0.2) is 5.60 Å². The molecule has 5 heteroatoms. The van der Waals surface area contributed by atoms with Crippen molar-refractivity contribution in [2.45, 2.75) is 33.3 Å². The van der Waals surface area contributed by atoms with Gasteiger partial charge in [-0.15, -0.1) is 0 Å². The van der Waals surface area contributed by atoms with Crippen LogP contribution in [0, 0.1) is 13.8 Å².